The maximum absolute atomic E-state index is 11.9. The van der Waals surface area contributed by atoms with Crippen LogP contribution in [0.3, 0.4) is 0 Å². The van der Waals surface area contributed by atoms with Gasteiger partial charge in [0, 0.05) is 5.38 Å². The molecule has 0 aromatic rings. The average Bonchev–Trinajstić information content (AvgIpc) is 2.11. The maximum atomic E-state index is 11.9. The van der Waals surface area contributed by atoms with Crippen molar-refractivity contribution >= 4 is 11.6 Å². The van der Waals surface area contributed by atoms with Gasteiger partial charge in [-0.2, -0.15) is 13.2 Å². The van der Waals surface area contributed by atoms with Crippen molar-refractivity contribution in [2.45, 2.75) is 30.8 Å². The van der Waals surface area contributed by atoms with Crippen LogP contribution in [0.15, 0.2) is 0 Å². The molecule has 0 aromatic carbocycles. The van der Waals surface area contributed by atoms with E-state index in [1.807, 2.05) is 0 Å². The van der Waals surface area contributed by atoms with Gasteiger partial charge < -0.3 is 0 Å². The predicted octanol–water partition coefficient (Wildman–Crippen LogP) is 2.96. The van der Waals surface area contributed by atoms with Crippen LogP contribution in [0, 0.1) is 5.92 Å². The fraction of sp³-hybridized carbons (Fsp3) is 1.00. The summed E-state index contributed by atoms with van der Waals surface area (Å²) in [5, 5.41) is -0.258. The van der Waals surface area contributed by atoms with Crippen molar-refractivity contribution in [3.63, 3.8) is 0 Å². The number of hydrogen-bond donors (Lipinski definition) is 0. The Morgan fingerprint density at radius 3 is 2.00 bits per heavy atom. The third-order valence-electron chi connectivity index (χ3n) is 1.83. The van der Waals surface area contributed by atoms with Crippen LogP contribution >= 0.6 is 11.6 Å². The van der Waals surface area contributed by atoms with Gasteiger partial charge in [0.1, 0.15) is 0 Å². The third-order valence-corrected chi connectivity index (χ3v) is 2.23. The molecule has 2 atom stereocenters. The summed E-state index contributed by atoms with van der Waals surface area (Å²) in [6.07, 6.45) is -3.21. The zero-order valence-corrected chi connectivity index (χ0v) is 6.04. The van der Waals surface area contributed by atoms with E-state index in [2.05, 4.69) is 0 Å². The minimum Gasteiger partial charge on any atom is -0.171 e. The Morgan fingerprint density at radius 1 is 1.20 bits per heavy atom. The van der Waals surface area contributed by atoms with Crippen LogP contribution in [0.2, 0.25) is 0 Å². The topological polar surface area (TPSA) is 0 Å². The van der Waals surface area contributed by atoms with Gasteiger partial charge in [0.25, 0.3) is 0 Å². The highest BCUT2D eigenvalue weighted by molar-refractivity contribution is 6.20. The highest BCUT2D eigenvalue weighted by Crippen LogP contribution is 2.40. The molecule has 0 amide bonds. The predicted molar refractivity (Wildman–Crippen MR) is 33.0 cm³/mol. The van der Waals surface area contributed by atoms with Gasteiger partial charge in [0.15, 0.2) is 0 Å². The molecule has 0 heterocycles. The van der Waals surface area contributed by atoms with Gasteiger partial charge in [-0.1, -0.05) is 0 Å². The zero-order chi connectivity index (χ0) is 7.78. The maximum Gasteiger partial charge on any atom is 0.391 e. The van der Waals surface area contributed by atoms with E-state index in [0.29, 0.717) is 6.42 Å². The lowest BCUT2D eigenvalue weighted by Crippen LogP contribution is -2.19. The SMILES string of the molecule is FC(F)(F)C1CCC(Cl)C1. The van der Waals surface area contributed by atoms with E-state index in [1.54, 1.807) is 0 Å². The van der Waals surface area contributed by atoms with Crippen LogP contribution in [0.1, 0.15) is 19.3 Å². The van der Waals surface area contributed by atoms with Crippen LogP contribution in [-0.4, -0.2) is 11.6 Å². The summed E-state index contributed by atoms with van der Waals surface area (Å²) < 4.78 is 35.6. The first-order valence-electron chi connectivity index (χ1n) is 3.21. The van der Waals surface area contributed by atoms with E-state index in [0.717, 1.165) is 0 Å². The van der Waals surface area contributed by atoms with Crippen LogP contribution in [0.4, 0.5) is 13.2 Å². The van der Waals surface area contributed by atoms with Gasteiger partial charge in [-0.3, -0.25) is 0 Å². The molecule has 0 radical (unpaired) electrons. The number of rotatable bonds is 0. The molecule has 0 saturated heterocycles. The van der Waals surface area contributed by atoms with Crippen molar-refractivity contribution in [3.8, 4) is 0 Å². The van der Waals surface area contributed by atoms with Gasteiger partial charge in [0.2, 0.25) is 0 Å². The van der Waals surface area contributed by atoms with E-state index < -0.39 is 12.1 Å². The summed E-state index contributed by atoms with van der Waals surface area (Å²) in [4.78, 5) is 0. The quantitative estimate of drug-likeness (QED) is 0.493. The Hall–Kier alpha value is 0.0800. The fourth-order valence-electron chi connectivity index (χ4n) is 1.22. The minimum atomic E-state index is -4.02. The van der Waals surface area contributed by atoms with E-state index >= 15 is 0 Å². The van der Waals surface area contributed by atoms with Crippen molar-refractivity contribution in [2.24, 2.45) is 5.92 Å². The molecule has 0 N–H and O–H groups in total. The Kier molecular flexibility index (Phi) is 2.13. The van der Waals surface area contributed by atoms with Crippen LogP contribution in [-0.2, 0) is 0 Å². The summed E-state index contributed by atoms with van der Waals surface area (Å²) in [6, 6.07) is 0. The first-order valence-corrected chi connectivity index (χ1v) is 3.64. The van der Waals surface area contributed by atoms with Gasteiger partial charge in [-0.05, 0) is 19.3 Å². The van der Waals surface area contributed by atoms with Crippen LogP contribution < -0.4 is 0 Å². The highest BCUT2D eigenvalue weighted by atomic mass is 35.5. The van der Waals surface area contributed by atoms with E-state index in [9.17, 15) is 13.2 Å². The minimum absolute atomic E-state index is 0.102. The highest BCUT2D eigenvalue weighted by Gasteiger charge is 2.43. The number of alkyl halides is 4. The second-order valence-electron chi connectivity index (χ2n) is 2.65. The summed E-state index contributed by atoms with van der Waals surface area (Å²) in [5.41, 5.74) is 0. The molecule has 1 aliphatic carbocycles. The molecule has 1 aliphatic rings. The lowest BCUT2D eigenvalue weighted by Gasteiger charge is -2.12. The van der Waals surface area contributed by atoms with Crippen LogP contribution in [0.25, 0.3) is 0 Å². The van der Waals surface area contributed by atoms with E-state index in [-0.39, 0.29) is 18.2 Å². The lowest BCUT2D eigenvalue weighted by atomic mass is 10.1. The molecular formula is C6H8ClF3. The van der Waals surface area contributed by atoms with Crippen molar-refractivity contribution < 1.29 is 13.2 Å². The van der Waals surface area contributed by atoms with Crippen LogP contribution in [0.5, 0.6) is 0 Å². The molecule has 0 aromatic heterocycles. The Morgan fingerprint density at radius 2 is 1.80 bits per heavy atom. The third kappa shape index (κ3) is 1.78. The fourth-order valence-corrected chi connectivity index (χ4v) is 1.56. The zero-order valence-electron chi connectivity index (χ0n) is 5.29. The molecule has 1 rings (SSSR count). The molecule has 2 unspecified atom stereocenters. The first kappa shape index (κ1) is 8.18. The monoisotopic (exact) mass is 172 g/mol. The summed E-state index contributed by atoms with van der Waals surface area (Å²) in [7, 11) is 0. The molecule has 4 heteroatoms. The Bertz CT molecular complexity index is 121. The molecule has 60 valence electrons. The summed E-state index contributed by atoms with van der Waals surface area (Å²) in [6.45, 7) is 0. The van der Waals surface area contributed by atoms with Crippen molar-refractivity contribution in [2.75, 3.05) is 0 Å². The first-order chi connectivity index (χ1) is 4.50. The van der Waals surface area contributed by atoms with E-state index in [4.69, 9.17) is 11.6 Å². The Balaban J connectivity index is 2.45. The molecule has 1 fully saturated rings. The summed E-state index contributed by atoms with van der Waals surface area (Å²) in [5.74, 6) is -1.14. The molecule has 1 saturated carbocycles. The molecule has 0 spiro atoms. The second-order valence-corrected chi connectivity index (χ2v) is 3.27. The second kappa shape index (κ2) is 2.61. The molecule has 0 nitrogen and oxygen atoms in total. The number of hydrogen-bond acceptors (Lipinski definition) is 0. The smallest absolute Gasteiger partial charge is 0.171 e. The van der Waals surface area contributed by atoms with Crippen molar-refractivity contribution in [1.82, 2.24) is 0 Å². The van der Waals surface area contributed by atoms with E-state index in [1.165, 1.54) is 0 Å². The Labute approximate surface area is 62.4 Å². The van der Waals surface area contributed by atoms with Crippen molar-refractivity contribution in [3.05, 3.63) is 0 Å². The van der Waals surface area contributed by atoms with Gasteiger partial charge >= 0.3 is 6.18 Å². The normalized spacial score (nSPS) is 34.8. The molecule has 0 bridgehead atoms. The lowest BCUT2D eigenvalue weighted by molar-refractivity contribution is -0.172. The largest absolute Gasteiger partial charge is 0.391 e. The number of halogens is 4. The van der Waals surface area contributed by atoms with Gasteiger partial charge in [-0.25, -0.2) is 0 Å². The van der Waals surface area contributed by atoms with Gasteiger partial charge in [0.05, 0.1) is 5.92 Å². The molecule has 10 heavy (non-hydrogen) atoms. The summed E-state index contributed by atoms with van der Waals surface area (Å²) >= 11 is 5.51. The average molecular weight is 173 g/mol. The van der Waals surface area contributed by atoms with Crippen molar-refractivity contribution in [1.29, 1.82) is 0 Å². The molecular weight excluding hydrogens is 165 g/mol. The molecule has 0 aliphatic heterocycles. The standard InChI is InChI=1S/C6H8ClF3/c7-5-2-1-4(3-5)6(8,9)10/h4-5H,1-3H2. The van der Waals surface area contributed by atoms with Gasteiger partial charge in [-0.15, -0.1) is 11.6 Å².